The van der Waals surface area contributed by atoms with Crippen molar-refractivity contribution in [3.63, 3.8) is 0 Å². The third-order valence-electron chi connectivity index (χ3n) is 4.53. The van der Waals surface area contributed by atoms with Gasteiger partial charge in [-0.1, -0.05) is 79.0 Å². The van der Waals surface area contributed by atoms with Gasteiger partial charge in [-0.15, -0.1) is 0 Å². The van der Waals surface area contributed by atoms with Crippen molar-refractivity contribution in [3.8, 4) is 11.1 Å². The quantitative estimate of drug-likeness (QED) is 0.309. The number of nitrogens with two attached hydrogens (primary N) is 1. The lowest BCUT2D eigenvalue weighted by Gasteiger charge is -2.14. The van der Waals surface area contributed by atoms with Crippen LogP contribution >= 0.6 is 11.8 Å². The summed E-state index contributed by atoms with van der Waals surface area (Å²) in [5, 5.41) is 2.23. The molecule has 0 aliphatic rings. The molecule has 0 fully saturated rings. The van der Waals surface area contributed by atoms with E-state index in [1.165, 1.54) is 12.1 Å². The molecule has 0 saturated heterocycles. The summed E-state index contributed by atoms with van der Waals surface area (Å²) < 4.78 is 13.3. The lowest BCUT2D eigenvalue weighted by atomic mass is 9.95. The lowest BCUT2D eigenvalue weighted by Crippen LogP contribution is -1.90. The van der Waals surface area contributed by atoms with Crippen LogP contribution in [0.2, 0.25) is 0 Å². The molecule has 2 N–H and O–H groups in total. The molecule has 0 radical (unpaired) electrons. The van der Waals surface area contributed by atoms with Gasteiger partial charge in [-0.3, -0.25) is 0 Å². The van der Waals surface area contributed by atoms with Crippen molar-refractivity contribution in [1.29, 1.82) is 0 Å². The van der Waals surface area contributed by atoms with Gasteiger partial charge in [0, 0.05) is 15.5 Å². The molecule has 0 saturated carbocycles. The fourth-order valence-electron chi connectivity index (χ4n) is 3.18. The van der Waals surface area contributed by atoms with Gasteiger partial charge in [-0.05, 0) is 51.7 Å². The Kier molecular flexibility index (Phi) is 4.69. The van der Waals surface area contributed by atoms with E-state index in [0.29, 0.717) is 0 Å². The van der Waals surface area contributed by atoms with Crippen molar-refractivity contribution >= 4 is 33.1 Å². The zero-order chi connectivity index (χ0) is 18.8. The van der Waals surface area contributed by atoms with Gasteiger partial charge >= 0.3 is 0 Å². The van der Waals surface area contributed by atoms with E-state index in [1.807, 2.05) is 48.5 Å². The zero-order valence-electron chi connectivity index (χ0n) is 14.7. The fourth-order valence-corrected chi connectivity index (χ4v) is 4.07. The van der Waals surface area contributed by atoms with Crippen molar-refractivity contribution in [2.24, 2.45) is 0 Å². The number of halogens is 1. The van der Waals surface area contributed by atoms with Crippen LogP contribution < -0.4 is 5.73 Å². The first kappa shape index (κ1) is 17.4. The first-order valence-electron chi connectivity index (χ1n) is 8.63. The second-order valence-corrected chi connectivity index (χ2v) is 7.41. The third-order valence-corrected chi connectivity index (χ3v) is 5.59. The number of nitrogen functional groups attached to an aromatic ring is 1. The summed E-state index contributed by atoms with van der Waals surface area (Å²) in [6.45, 7) is 4.28. The van der Waals surface area contributed by atoms with Gasteiger partial charge in [0.05, 0.1) is 0 Å². The van der Waals surface area contributed by atoms with E-state index in [1.54, 1.807) is 11.8 Å². The standard InChI is InChI=1S/C24H18FNS/c1-16(27-24-9-5-4-8-23(24)26)19-14-15-20(17-10-12-18(25)13-11-17)22-7-3-2-6-21(19)22/h2-15H,1,26H2. The minimum Gasteiger partial charge on any atom is -0.398 e. The average Bonchev–Trinajstić information content (AvgIpc) is 2.69. The molecule has 0 aromatic heterocycles. The van der Waals surface area contributed by atoms with Crippen LogP contribution in [0.5, 0.6) is 0 Å². The summed E-state index contributed by atoms with van der Waals surface area (Å²) in [7, 11) is 0. The third kappa shape index (κ3) is 3.46. The number of anilines is 1. The molecule has 0 aliphatic carbocycles. The number of hydrogen-bond donors (Lipinski definition) is 1. The van der Waals surface area contributed by atoms with Gasteiger partial charge in [0.2, 0.25) is 0 Å². The van der Waals surface area contributed by atoms with Crippen molar-refractivity contribution in [2.75, 3.05) is 5.73 Å². The predicted molar refractivity (Wildman–Crippen MR) is 115 cm³/mol. The molecule has 0 atom stereocenters. The van der Waals surface area contributed by atoms with Crippen molar-refractivity contribution in [2.45, 2.75) is 4.90 Å². The van der Waals surface area contributed by atoms with Crippen molar-refractivity contribution in [3.05, 3.63) is 103 Å². The number of rotatable bonds is 4. The SMILES string of the molecule is C=C(Sc1ccccc1N)c1ccc(-c2ccc(F)cc2)c2ccccc12. The zero-order valence-corrected chi connectivity index (χ0v) is 15.5. The molecule has 132 valence electrons. The van der Waals surface area contributed by atoms with E-state index in [0.717, 1.165) is 43.0 Å². The maximum atomic E-state index is 13.3. The Hall–Kier alpha value is -3.04. The highest BCUT2D eigenvalue weighted by atomic mass is 32.2. The second kappa shape index (κ2) is 7.29. The van der Waals surface area contributed by atoms with E-state index in [-0.39, 0.29) is 5.82 Å². The molecule has 27 heavy (non-hydrogen) atoms. The van der Waals surface area contributed by atoms with Crippen LogP contribution in [0.1, 0.15) is 5.56 Å². The van der Waals surface area contributed by atoms with Gasteiger partial charge in [0.25, 0.3) is 0 Å². The Morgan fingerprint density at radius 3 is 2.19 bits per heavy atom. The maximum Gasteiger partial charge on any atom is 0.123 e. The topological polar surface area (TPSA) is 26.0 Å². The second-order valence-electron chi connectivity index (χ2n) is 6.28. The molecule has 0 aliphatic heterocycles. The summed E-state index contributed by atoms with van der Waals surface area (Å²) in [4.78, 5) is 1.93. The van der Waals surface area contributed by atoms with Crippen LogP contribution in [0.3, 0.4) is 0 Å². The highest BCUT2D eigenvalue weighted by Gasteiger charge is 2.11. The molecule has 0 unspecified atom stereocenters. The molecule has 3 heteroatoms. The van der Waals surface area contributed by atoms with Gasteiger partial charge in [0.15, 0.2) is 0 Å². The monoisotopic (exact) mass is 371 g/mol. The Balaban J connectivity index is 1.79. The van der Waals surface area contributed by atoms with Gasteiger partial charge < -0.3 is 5.73 Å². The molecule has 0 heterocycles. The molecule has 4 rings (SSSR count). The predicted octanol–water partition coefficient (Wildman–Crippen LogP) is 6.99. The summed E-state index contributed by atoms with van der Waals surface area (Å²) >= 11 is 1.57. The van der Waals surface area contributed by atoms with E-state index in [2.05, 4.69) is 30.8 Å². The van der Waals surface area contributed by atoms with Gasteiger partial charge in [-0.25, -0.2) is 4.39 Å². The van der Waals surface area contributed by atoms with Crippen LogP contribution in [-0.4, -0.2) is 0 Å². The van der Waals surface area contributed by atoms with Crippen LogP contribution in [0.25, 0.3) is 26.8 Å². The Labute approximate surface area is 162 Å². The molecule has 4 aromatic carbocycles. The summed E-state index contributed by atoms with van der Waals surface area (Å²) in [6.07, 6.45) is 0. The van der Waals surface area contributed by atoms with Crippen molar-refractivity contribution in [1.82, 2.24) is 0 Å². The largest absolute Gasteiger partial charge is 0.398 e. The van der Waals surface area contributed by atoms with E-state index >= 15 is 0 Å². The molecule has 0 bridgehead atoms. The Morgan fingerprint density at radius 2 is 1.44 bits per heavy atom. The normalized spacial score (nSPS) is 10.9. The highest BCUT2D eigenvalue weighted by molar-refractivity contribution is 8.08. The molecule has 1 nitrogen and oxygen atoms in total. The van der Waals surface area contributed by atoms with Crippen LogP contribution in [0.4, 0.5) is 10.1 Å². The number of para-hydroxylation sites is 1. The lowest BCUT2D eigenvalue weighted by molar-refractivity contribution is 0.628. The summed E-state index contributed by atoms with van der Waals surface area (Å²) in [6, 6.07) is 26.8. The number of benzene rings is 4. The van der Waals surface area contributed by atoms with Gasteiger partial charge in [-0.2, -0.15) is 0 Å². The fraction of sp³-hybridized carbons (Fsp3) is 0. The van der Waals surface area contributed by atoms with Crippen LogP contribution in [0.15, 0.2) is 96.4 Å². The van der Waals surface area contributed by atoms with E-state index < -0.39 is 0 Å². The van der Waals surface area contributed by atoms with Crippen molar-refractivity contribution < 1.29 is 4.39 Å². The smallest absolute Gasteiger partial charge is 0.123 e. The first-order valence-corrected chi connectivity index (χ1v) is 9.44. The maximum absolute atomic E-state index is 13.3. The summed E-state index contributed by atoms with van der Waals surface area (Å²) in [5.74, 6) is -0.232. The first-order chi connectivity index (χ1) is 13.1. The molecule has 0 amide bonds. The minimum absolute atomic E-state index is 0.232. The van der Waals surface area contributed by atoms with Crippen LogP contribution in [0, 0.1) is 5.82 Å². The molecular weight excluding hydrogens is 353 g/mol. The summed E-state index contributed by atoms with van der Waals surface area (Å²) in [5.41, 5.74) is 9.97. The molecular formula is C24H18FNS. The minimum atomic E-state index is -0.232. The van der Waals surface area contributed by atoms with E-state index in [9.17, 15) is 4.39 Å². The number of hydrogen-bond acceptors (Lipinski definition) is 2. The van der Waals surface area contributed by atoms with Gasteiger partial charge in [0.1, 0.15) is 5.82 Å². The average molecular weight is 371 g/mol. The number of thioether (sulfide) groups is 1. The number of fused-ring (bicyclic) bond motifs is 1. The van der Waals surface area contributed by atoms with Crippen LogP contribution in [-0.2, 0) is 0 Å². The Bertz CT molecular complexity index is 1130. The molecule has 0 spiro atoms. The highest BCUT2D eigenvalue weighted by Crippen LogP contribution is 2.40. The Morgan fingerprint density at radius 1 is 0.778 bits per heavy atom. The molecule has 4 aromatic rings. The van der Waals surface area contributed by atoms with E-state index in [4.69, 9.17) is 5.73 Å².